The molecule has 2 aromatic rings. The molecule has 156 valence electrons. The molecule has 4 nitrogen and oxygen atoms in total. The fourth-order valence-corrected chi connectivity index (χ4v) is 4.70. The number of aromatic nitrogens is 1. The summed E-state index contributed by atoms with van der Waals surface area (Å²) in [5.74, 6) is 0.490. The number of fused-ring (bicyclic) bond motifs is 1. The van der Waals surface area contributed by atoms with Crippen LogP contribution >= 0.6 is 11.6 Å². The lowest BCUT2D eigenvalue weighted by atomic mass is 9.89. The van der Waals surface area contributed by atoms with E-state index in [0.29, 0.717) is 18.9 Å². The van der Waals surface area contributed by atoms with Crippen molar-refractivity contribution in [2.24, 2.45) is 5.73 Å². The van der Waals surface area contributed by atoms with E-state index in [0.717, 1.165) is 62.7 Å². The Morgan fingerprint density at radius 3 is 2.69 bits per heavy atom. The first-order valence-corrected chi connectivity index (χ1v) is 11.0. The zero-order chi connectivity index (χ0) is 20.2. The molecule has 3 N–H and O–H groups in total. The number of hydrogen-bond acceptors (Lipinski definition) is 3. The average Bonchev–Trinajstić information content (AvgIpc) is 3.11. The lowest BCUT2D eigenvalue weighted by Gasteiger charge is -2.32. The fraction of sp³-hybridized carbons (Fsp3) is 0.478. The summed E-state index contributed by atoms with van der Waals surface area (Å²) in [7, 11) is 0. The summed E-state index contributed by atoms with van der Waals surface area (Å²) in [4.78, 5) is 2.53. The van der Waals surface area contributed by atoms with Crippen LogP contribution in [0.15, 0.2) is 42.4 Å². The standard InChI is InChI=1S/C23H30ClFN4/c24-18-1-6-23-21(15-18)22(16-29(23)20-4-2-19(25)3-5-20)17-7-12-28(13-8-17)14-11-27-10-9-26/h1-2,4,6,15-17,27H,3,5,7-14,26H2. The molecule has 4 rings (SSSR count). The zero-order valence-electron chi connectivity index (χ0n) is 16.8. The maximum Gasteiger partial charge on any atom is 0.100 e. The van der Waals surface area contributed by atoms with Gasteiger partial charge in [0.1, 0.15) is 5.83 Å². The minimum absolute atomic E-state index is 0.0400. The van der Waals surface area contributed by atoms with Crippen molar-refractivity contribution in [3.63, 3.8) is 0 Å². The maximum absolute atomic E-state index is 13.5. The second-order valence-electron chi connectivity index (χ2n) is 8.04. The van der Waals surface area contributed by atoms with Crippen LogP contribution in [0.4, 0.5) is 4.39 Å². The van der Waals surface area contributed by atoms with Crippen molar-refractivity contribution in [2.75, 3.05) is 39.3 Å². The summed E-state index contributed by atoms with van der Waals surface area (Å²) in [5, 5.41) is 5.38. The van der Waals surface area contributed by atoms with Gasteiger partial charge in [-0.2, -0.15) is 0 Å². The van der Waals surface area contributed by atoms with Crippen LogP contribution in [-0.2, 0) is 0 Å². The van der Waals surface area contributed by atoms with E-state index in [-0.39, 0.29) is 5.83 Å². The quantitative estimate of drug-likeness (QED) is 0.653. The summed E-state index contributed by atoms with van der Waals surface area (Å²) in [5.41, 5.74) is 9.22. The molecule has 1 aromatic heterocycles. The van der Waals surface area contributed by atoms with E-state index < -0.39 is 0 Å². The maximum atomic E-state index is 13.5. The van der Waals surface area contributed by atoms with Crippen LogP contribution < -0.4 is 11.1 Å². The summed E-state index contributed by atoms with van der Waals surface area (Å²) in [6, 6.07) is 6.13. The van der Waals surface area contributed by atoms with Gasteiger partial charge in [-0.3, -0.25) is 0 Å². The van der Waals surface area contributed by atoms with Crippen LogP contribution in [0.5, 0.6) is 0 Å². The Hall–Kier alpha value is -1.66. The third-order valence-corrected chi connectivity index (χ3v) is 6.37. The third kappa shape index (κ3) is 4.75. The monoisotopic (exact) mass is 416 g/mol. The first-order valence-electron chi connectivity index (χ1n) is 10.6. The van der Waals surface area contributed by atoms with Gasteiger partial charge in [-0.1, -0.05) is 11.6 Å². The molecule has 2 aliphatic rings. The highest BCUT2D eigenvalue weighted by molar-refractivity contribution is 6.31. The molecule has 0 atom stereocenters. The van der Waals surface area contributed by atoms with Crippen LogP contribution in [0.1, 0.15) is 37.2 Å². The smallest absolute Gasteiger partial charge is 0.100 e. The van der Waals surface area contributed by atoms with Crippen LogP contribution in [-0.4, -0.2) is 48.7 Å². The van der Waals surface area contributed by atoms with Crippen molar-refractivity contribution in [2.45, 2.75) is 31.6 Å². The highest BCUT2D eigenvalue weighted by atomic mass is 35.5. The Bertz CT molecular complexity index is 909. The first-order chi connectivity index (χ1) is 14.2. The number of benzene rings is 1. The largest absolute Gasteiger partial charge is 0.329 e. The third-order valence-electron chi connectivity index (χ3n) is 6.14. The fourth-order valence-electron chi connectivity index (χ4n) is 4.52. The second-order valence-corrected chi connectivity index (χ2v) is 8.48. The van der Waals surface area contributed by atoms with Gasteiger partial charge < -0.3 is 20.5 Å². The number of nitrogens with one attached hydrogen (secondary N) is 1. The van der Waals surface area contributed by atoms with Crippen LogP contribution in [0.3, 0.4) is 0 Å². The lowest BCUT2D eigenvalue weighted by molar-refractivity contribution is 0.213. The molecule has 1 aromatic carbocycles. The number of likely N-dealkylation sites (tertiary alicyclic amines) is 1. The highest BCUT2D eigenvalue weighted by Gasteiger charge is 2.24. The Morgan fingerprint density at radius 2 is 1.97 bits per heavy atom. The van der Waals surface area contributed by atoms with Crippen molar-refractivity contribution in [3.05, 3.63) is 53.0 Å². The molecule has 1 saturated heterocycles. The highest BCUT2D eigenvalue weighted by Crippen LogP contribution is 2.38. The molecule has 2 heterocycles. The predicted octanol–water partition coefficient (Wildman–Crippen LogP) is 4.51. The van der Waals surface area contributed by atoms with Gasteiger partial charge in [0.05, 0.1) is 5.52 Å². The van der Waals surface area contributed by atoms with Gasteiger partial charge in [-0.05, 0) is 74.2 Å². The van der Waals surface area contributed by atoms with Crippen molar-refractivity contribution in [1.82, 2.24) is 14.8 Å². The van der Waals surface area contributed by atoms with Gasteiger partial charge in [0.25, 0.3) is 0 Å². The van der Waals surface area contributed by atoms with Gasteiger partial charge in [0.2, 0.25) is 0 Å². The van der Waals surface area contributed by atoms with E-state index in [4.69, 9.17) is 17.3 Å². The molecule has 1 aliphatic carbocycles. The predicted molar refractivity (Wildman–Crippen MR) is 120 cm³/mol. The number of allylic oxidation sites excluding steroid dienone is 4. The number of halogens is 2. The molecule has 0 amide bonds. The molecule has 1 fully saturated rings. The molecular weight excluding hydrogens is 387 g/mol. The van der Waals surface area contributed by atoms with Gasteiger partial charge >= 0.3 is 0 Å². The molecule has 0 unspecified atom stereocenters. The second kappa shape index (κ2) is 9.43. The van der Waals surface area contributed by atoms with Gasteiger partial charge in [0, 0.05) is 54.9 Å². The molecule has 29 heavy (non-hydrogen) atoms. The molecule has 0 radical (unpaired) electrons. The number of piperidine rings is 1. The van der Waals surface area contributed by atoms with E-state index in [9.17, 15) is 4.39 Å². The summed E-state index contributed by atoms with van der Waals surface area (Å²) in [6.45, 7) is 5.86. The van der Waals surface area contributed by atoms with Crippen LogP contribution in [0.25, 0.3) is 16.6 Å². The van der Waals surface area contributed by atoms with Gasteiger partial charge in [-0.25, -0.2) is 4.39 Å². The summed E-state index contributed by atoms with van der Waals surface area (Å²) < 4.78 is 15.7. The normalized spacial score (nSPS) is 18.9. The number of rotatable bonds is 7. The lowest BCUT2D eigenvalue weighted by Crippen LogP contribution is -2.38. The first kappa shape index (κ1) is 20.6. The number of nitrogens with zero attached hydrogens (tertiary/aromatic N) is 2. The van der Waals surface area contributed by atoms with E-state index in [1.165, 1.54) is 16.5 Å². The minimum atomic E-state index is -0.0400. The summed E-state index contributed by atoms with van der Waals surface area (Å²) in [6.07, 6.45) is 9.28. The van der Waals surface area contributed by atoms with Gasteiger partial charge in [-0.15, -0.1) is 0 Å². The molecule has 1 aliphatic heterocycles. The van der Waals surface area contributed by atoms with Gasteiger partial charge in [0.15, 0.2) is 0 Å². The Morgan fingerprint density at radius 1 is 1.14 bits per heavy atom. The van der Waals surface area contributed by atoms with E-state index in [1.807, 2.05) is 12.1 Å². The average molecular weight is 417 g/mol. The molecular formula is C23H30ClFN4. The Labute approximate surface area is 177 Å². The van der Waals surface area contributed by atoms with Crippen molar-refractivity contribution < 1.29 is 4.39 Å². The van der Waals surface area contributed by atoms with Crippen LogP contribution in [0.2, 0.25) is 5.02 Å². The van der Waals surface area contributed by atoms with Crippen molar-refractivity contribution in [1.29, 1.82) is 0 Å². The molecule has 6 heteroatoms. The van der Waals surface area contributed by atoms with Crippen LogP contribution in [0, 0.1) is 0 Å². The number of nitrogens with two attached hydrogens (primary N) is 1. The SMILES string of the molecule is NCCNCCN1CCC(c2cn(C3=CC=C(F)CC3)c3ccc(Cl)cc23)CC1. The Kier molecular flexibility index (Phi) is 6.70. The number of hydrogen-bond donors (Lipinski definition) is 2. The molecule has 0 spiro atoms. The van der Waals surface area contributed by atoms with E-state index >= 15 is 0 Å². The summed E-state index contributed by atoms with van der Waals surface area (Å²) >= 11 is 6.34. The minimum Gasteiger partial charge on any atom is -0.329 e. The molecule has 0 bridgehead atoms. The zero-order valence-corrected chi connectivity index (χ0v) is 17.6. The topological polar surface area (TPSA) is 46.2 Å². The van der Waals surface area contributed by atoms with E-state index in [2.05, 4.69) is 33.1 Å². The van der Waals surface area contributed by atoms with Crippen molar-refractivity contribution in [3.8, 4) is 0 Å². The van der Waals surface area contributed by atoms with Crippen molar-refractivity contribution >= 4 is 28.2 Å². The Balaban J connectivity index is 1.53. The van der Waals surface area contributed by atoms with E-state index in [1.54, 1.807) is 6.08 Å². The molecule has 0 saturated carbocycles.